The van der Waals surface area contributed by atoms with Crippen molar-refractivity contribution in [1.29, 1.82) is 0 Å². The van der Waals surface area contributed by atoms with Crippen LogP contribution in [0.4, 0.5) is 0 Å². The molecule has 2 rings (SSSR count). The summed E-state index contributed by atoms with van der Waals surface area (Å²) in [5.74, 6) is 0.730. The molecule has 1 N–H and O–H groups in total. The molecule has 0 fully saturated rings. The molecule has 0 aromatic heterocycles. The molecule has 0 radical (unpaired) electrons. The monoisotopic (exact) mass is 418 g/mol. The van der Waals surface area contributed by atoms with Gasteiger partial charge >= 0.3 is 0 Å². The third kappa shape index (κ3) is 6.05. The number of nitrogens with one attached hydrogen (secondary N) is 1. The second-order valence-electron chi connectivity index (χ2n) is 7.00. The van der Waals surface area contributed by atoms with Crippen LogP contribution in [-0.2, 0) is 14.8 Å². The summed E-state index contributed by atoms with van der Waals surface area (Å²) in [5.41, 5.74) is 2.05. The van der Waals surface area contributed by atoms with E-state index in [-0.39, 0.29) is 29.8 Å². The van der Waals surface area contributed by atoms with Gasteiger partial charge in [-0.25, -0.2) is 12.7 Å². The van der Waals surface area contributed by atoms with Crippen LogP contribution in [0.1, 0.15) is 43.4 Å². The first kappa shape index (κ1) is 22.9. The topological polar surface area (TPSA) is 75.7 Å². The zero-order chi connectivity index (χ0) is 21.4. The molecule has 7 heteroatoms. The Morgan fingerprint density at radius 3 is 2.45 bits per heavy atom. The van der Waals surface area contributed by atoms with E-state index in [4.69, 9.17) is 4.74 Å². The number of benzene rings is 2. The van der Waals surface area contributed by atoms with Gasteiger partial charge in [-0.1, -0.05) is 37.3 Å². The van der Waals surface area contributed by atoms with Gasteiger partial charge in [-0.2, -0.15) is 0 Å². The average molecular weight is 419 g/mol. The number of rotatable bonds is 10. The van der Waals surface area contributed by atoms with Crippen molar-refractivity contribution < 1.29 is 17.9 Å². The molecule has 158 valence electrons. The number of amides is 1. The second kappa shape index (κ2) is 10.4. The number of carbonyl (C=O) groups excluding carboxylic acids is 1. The summed E-state index contributed by atoms with van der Waals surface area (Å²) in [4.78, 5) is 12.6. The molecule has 1 amide bonds. The Hall–Kier alpha value is -2.38. The van der Waals surface area contributed by atoms with Gasteiger partial charge in [0.05, 0.1) is 18.0 Å². The average Bonchev–Trinajstić information content (AvgIpc) is 2.72. The van der Waals surface area contributed by atoms with Crippen molar-refractivity contribution >= 4 is 15.9 Å². The summed E-state index contributed by atoms with van der Waals surface area (Å²) < 4.78 is 31.6. The molecule has 0 bridgehead atoms. The van der Waals surface area contributed by atoms with E-state index in [0.29, 0.717) is 6.42 Å². The van der Waals surface area contributed by atoms with Crippen LogP contribution in [0.15, 0.2) is 53.4 Å². The minimum Gasteiger partial charge on any atom is -0.496 e. The molecule has 1 unspecified atom stereocenters. The van der Waals surface area contributed by atoms with Gasteiger partial charge < -0.3 is 10.1 Å². The molecule has 0 saturated carbocycles. The van der Waals surface area contributed by atoms with Gasteiger partial charge in [0.25, 0.3) is 0 Å². The molecule has 6 nitrogen and oxygen atoms in total. The Labute approximate surface area is 173 Å². The number of methoxy groups -OCH3 is 1. The Morgan fingerprint density at radius 1 is 1.17 bits per heavy atom. The van der Waals surface area contributed by atoms with Crippen molar-refractivity contribution in [3.8, 4) is 5.75 Å². The number of carbonyl (C=O) groups is 1. The fraction of sp³-hybridized carbons (Fsp3) is 0.409. The lowest BCUT2D eigenvalue weighted by molar-refractivity contribution is -0.122. The summed E-state index contributed by atoms with van der Waals surface area (Å²) in [6.07, 6.45) is 1.48. The number of sulfonamides is 1. The molecule has 0 spiro atoms. The number of hydrogen-bond donors (Lipinski definition) is 1. The highest BCUT2D eigenvalue weighted by Crippen LogP contribution is 2.24. The van der Waals surface area contributed by atoms with Gasteiger partial charge in [-0.3, -0.25) is 4.79 Å². The minimum absolute atomic E-state index is 0.0853. The molecule has 2 aromatic carbocycles. The fourth-order valence-corrected chi connectivity index (χ4v) is 4.39. The third-order valence-electron chi connectivity index (χ3n) is 4.89. The molecule has 1 atom stereocenters. The highest BCUT2D eigenvalue weighted by atomic mass is 32.2. The van der Waals surface area contributed by atoms with Crippen LogP contribution in [0, 0.1) is 6.92 Å². The van der Waals surface area contributed by atoms with Crippen molar-refractivity contribution in [3.63, 3.8) is 0 Å². The molecule has 0 aliphatic heterocycles. The summed E-state index contributed by atoms with van der Waals surface area (Å²) in [6, 6.07) is 14.1. The van der Waals surface area contributed by atoms with Gasteiger partial charge in [0.1, 0.15) is 5.75 Å². The molecule has 0 heterocycles. The van der Waals surface area contributed by atoms with Gasteiger partial charge in [0.2, 0.25) is 15.9 Å². The van der Waals surface area contributed by atoms with Crippen LogP contribution < -0.4 is 10.1 Å². The highest BCUT2D eigenvalue weighted by molar-refractivity contribution is 7.89. The lowest BCUT2D eigenvalue weighted by atomic mass is 10.0. The van der Waals surface area contributed by atoms with E-state index in [9.17, 15) is 13.2 Å². The van der Waals surface area contributed by atoms with Crippen molar-refractivity contribution in [2.24, 2.45) is 0 Å². The second-order valence-corrected chi connectivity index (χ2v) is 9.05. The smallest absolute Gasteiger partial charge is 0.242 e. The van der Waals surface area contributed by atoms with E-state index >= 15 is 0 Å². The lowest BCUT2D eigenvalue weighted by Gasteiger charge is -2.20. The summed E-state index contributed by atoms with van der Waals surface area (Å²) in [5, 5.41) is 3.04. The zero-order valence-corrected chi connectivity index (χ0v) is 18.3. The SMILES string of the molecule is CCC(NC(=O)CCCN(C)S(=O)(=O)c1ccccc1)c1ccc(OC)c(C)c1. The van der Waals surface area contributed by atoms with Gasteiger partial charge in [-0.05, 0) is 49.1 Å². The molecule has 2 aromatic rings. The predicted molar refractivity (Wildman–Crippen MR) is 114 cm³/mol. The maximum atomic E-state index is 12.5. The van der Waals surface area contributed by atoms with Gasteiger partial charge in [0, 0.05) is 20.0 Å². The molecular formula is C22H30N2O4S. The number of ether oxygens (including phenoxy) is 1. The maximum absolute atomic E-state index is 12.5. The van der Waals surface area contributed by atoms with Crippen molar-refractivity contribution in [2.75, 3.05) is 20.7 Å². The molecule has 0 aliphatic rings. The Morgan fingerprint density at radius 2 is 1.86 bits per heavy atom. The van der Waals surface area contributed by atoms with Crippen LogP contribution >= 0.6 is 0 Å². The molecule has 0 aliphatic carbocycles. The largest absolute Gasteiger partial charge is 0.496 e. The fourth-order valence-electron chi connectivity index (χ4n) is 3.16. The number of aryl methyl sites for hydroxylation is 1. The maximum Gasteiger partial charge on any atom is 0.242 e. The summed E-state index contributed by atoms with van der Waals surface area (Å²) in [6.45, 7) is 4.27. The quantitative estimate of drug-likeness (QED) is 0.639. The van der Waals surface area contributed by atoms with Crippen LogP contribution in [0.25, 0.3) is 0 Å². The number of nitrogens with zero attached hydrogens (tertiary/aromatic N) is 1. The van der Waals surface area contributed by atoms with E-state index in [1.807, 2.05) is 32.0 Å². The predicted octanol–water partition coefficient (Wildman–Crippen LogP) is 3.67. The molecule has 29 heavy (non-hydrogen) atoms. The van der Waals surface area contributed by atoms with Gasteiger partial charge in [-0.15, -0.1) is 0 Å². The summed E-state index contributed by atoms with van der Waals surface area (Å²) in [7, 11) is -0.357. The van der Waals surface area contributed by atoms with E-state index in [2.05, 4.69) is 5.32 Å². The van der Waals surface area contributed by atoms with E-state index in [1.54, 1.807) is 37.4 Å². The standard InChI is InChI=1S/C22H30N2O4S/c1-5-20(18-13-14-21(28-4)17(2)16-18)23-22(25)12-9-15-24(3)29(26,27)19-10-7-6-8-11-19/h6-8,10-11,13-14,16,20H,5,9,12,15H2,1-4H3,(H,23,25). The normalized spacial score (nSPS) is 12.6. The number of hydrogen-bond acceptors (Lipinski definition) is 4. The first-order valence-electron chi connectivity index (χ1n) is 9.74. The van der Waals surface area contributed by atoms with E-state index in [1.165, 1.54) is 11.4 Å². The van der Waals surface area contributed by atoms with E-state index in [0.717, 1.165) is 23.3 Å². The molecular weight excluding hydrogens is 388 g/mol. The first-order chi connectivity index (χ1) is 13.8. The Balaban J connectivity index is 1.89. The minimum atomic E-state index is -3.53. The first-order valence-corrected chi connectivity index (χ1v) is 11.2. The van der Waals surface area contributed by atoms with Crippen molar-refractivity contribution in [2.45, 2.75) is 44.0 Å². The molecule has 0 saturated heterocycles. The van der Waals surface area contributed by atoms with Crippen LogP contribution in [0.2, 0.25) is 0 Å². The van der Waals surface area contributed by atoms with E-state index < -0.39 is 10.0 Å². The van der Waals surface area contributed by atoms with Crippen molar-refractivity contribution in [1.82, 2.24) is 9.62 Å². The Bertz CT molecular complexity index is 914. The van der Waals surface area contributed by atoms with Crippen LogP contribution in [0.5, 0.6) is 5.75 Å². The van der Waals surface area contributed by atoms with Crippen LogP contribution in [-0.4, -0.2) is 39.3 Å². The van der Waals surface area contributed by atoms with Crippen molar-refractivity contribution in [3.05, 3.63) is 59.7 Å². The Kier molecular flexibility index (Phi) is 8.22. The highest BCUT2D eigenvalue weighted by Gasteiger charge is 2.20. The van der Waals surface area contributed by atoms with Gasteiger partial charge in [0.15, 0.2) is 0 Å². The summed E-state index contributed by atoms with van der Waals surface area (Å²) >= 11 is 0. The zero-order valence-electron chi connectivity index (χ0n) is 17.5. The third-order valence-corrected chi connectivity index (χ3v) is 6.76. The lowest BCUT2D eigenvalue weighted by Crippen LogP contribution is -2.31. The van der Waals surface area contributed by atoms with Crippen LogP contribution in [0.3, 0.4) is 0 Å².